The van der Waals surface area contributed by atoms with Gasteiger partial charge in [-0.15, -0.1) is 11.3 Å². The molecule has 0 aliphatic heterocycles. The second kappa shape index (κ2) is 6.01. The molecule has 1 aromatic heterocycles. The highest BCUT2D eigenvalue weighted by atomic mass is 79.9. The highest BCUT2D eigenvalue weighted by Gasteiger charge is 2.30. The van der Waals surface area contributed by atoms with Crippen molar-refractivity contribution in [2.75, 3.05) is 0 Å². The summed E-state index contributed by atoms with van der Waals surface area (Å²) < 4.78 is 14.6. The third-order valence-corrected chi connectivity index (χ3v) is 4.45. The maximum atomic E-state index is 13.8. The van der Waals surface area contributed by atoms with E-state index in [9.17, 15) is 9.50 Å². The summed E-state index contributed by atoms with van der Waals surface area (Å²) in [5.41, 5.74) is 1.17. The monoisotopic (exact) mass is 343 g/mol. The van der Waals surface area contributed by atoms with Gasteiger partial charge in [-0.1, -0.05) is 13.8 Å². The van der Waals surface area contributed by atoms with Crippen LogP contribution < -0.4 is 0 Å². The summed E-state index contributed by atoms with van der Waals surface area (Å²) in [5, 5.41) is 9.21. The van der Waals surface area contributed by atoms with E-state index in [4.69, 9.17) is 0 Å². The molecule has 0 bridgehead atoms. The zero-order valence-electron chi connectivity index (χ0n) is 10.8. The van der Waals surface area contributed by atoms with Crippen molar-refractivity contribution in [1.29, 1.82) is 0 Å². The maximum absolute atomic E-state index is 13.8. The highest BCUT2D eigenvalue weighted by Crippen LogP contribution is 2.48. The summed E-state index contributed by atoms with van der Waals surface area (Å²) in [5.74, 6) is 0.0419. The molecule has 1 saturated carbocycles. The number of phenolic OH excluding ortho intramolecular Hbond substituents is 1. The number of hydrogen-bond acceptors (Lipinski definition) is 3. The van der Waals surface area contributed by atoms with E-state index >= 15 is 0 Å². The number of aromatic hydroxyl groups is 1. The Labute approximate surface area is 124 Å². The SMILES string of the molecule is CC.Oc1ccc(-c2nc(Br)sc2C2CC2)c(F)c1. The summed E-state index contributed by atoms with van der Waals surface area (Å²) in [6, 6.07) is 4.19. The van der Waals surface area contributed by atoms with Gasteiger partial charge in [0.15, 0.2) is 3.92 Å². The number of thiazole rings is 1. The highest BCUT2D eigenvalue weighted by molar-refractivity contribution is 9.11. The van der Waals surface area contributed by atoms with E-state index in [0.717, 1.165) is 27.7 Å². The Hall–Kier alpha value is -0.940. The number of rotatable bonds is 2. The van der Waals surface area contributed by atoms with Crippen LogP contribution in [0.5, 0.6) is 5.75 Å². The second-order valence-corrected chi connectivity index (χ2v) is 6.42. The molecule has 0 spiro atoms. The van der Waals surface area contributed by atoms with Crippen LogP contribution in [0.4, 0.5) is 4.39 Å². The van der Waals surface area contributed by atoms with Gasteiger partial charge in [0.2, 0.25) is 0 Å². The smallest absolute Gasteiger partial charge is 0.160 e. The van der Waals surface area contributed by atoms with Crippen LogP contribution in [0.1, 0.15) is 37.5 Å². The first-order valence-corrected chi connectivity index (χ1v) is 7.91. The predicted molar refractivity (Wildman–Crippen MR) is 80.2 cm³/mol. The Morgan fingerprint density at radius 1 is 1.37 bits per heavy atom. The van der Waals surface area contributed by atoms with Crippen molar-refractivity contribution in [3.05, 3.63) is 32.8 Å². The van der Waals surface area contributed by atoms with Crippen molar-refractivity contribution in [1.82, 2.24) is 4.98 Å². The van der Waals surface area contributed by atoms with E-state index in [1.807, 2.05) is 13.8 Å². The molecule has 102 valence electrons. The van der Waals surface area contributed by atoms with Crippen molar-refractivity contribution < 1.29 is 9.50 Å². The molecule has 3 rings (SSSR count). The third-order valence-electron chi connectivity index (χ3n) is 2.78. The van der Waals surface area contributed by atoms with Gasteiger partial charge in [0, 0.05) is 16.5 Å². The number of phenols is 1. The number of hydrogen-bond donors (Lipinski definition) is 1. The Bertz CT molecular complexity index is 581. The summed E-state index contributed by atoms with van der Waals surface area (Å²) in [6.07, 6.45) is 2.31. The first-order valence-electron chi connectivity index (χ1n) is 6.30. The Morgan fingerprint density at radius 3 is 2.63 bits per heavy atom. The number of nitrogens with zero attached hydrogens (tertiary/aromatic N) is 1. The largest absolute Gasteiger partial charge is 0.508 e. The minimum atomic E-state index is -0.426. The standard InChI is InChI=1S/C12H9BrFNOS.C2H6/c13-12-15-10(11(17-12)6-1-2-6)8-4-3-7(16)5-9(8)14;1-2/h3-6,16H,1-2H2;1-2H3. The molecule has 2 nitrogen and oxygen atoms in total. The molecule has 1 aliphatic carbocycles. The second-order valence-electron chi connectivity index (χ2n) is 4.12. The van der Waals surface area contributed by atoms with Crippen molar-refractivity contribution in [2.45, 2.75) is 32.6 Å². The van der Waals surface area contributed by atoms with E-state index < -0.39 is 5.82 Å². The van der Waals surface area contributed by atoms with Crippen LogP contribution in [0.25, 0.3) is 11.3 Å². The fourth-order valence-corrected chi connectivity index (χ4v) is 3.49. The average molecular weight is 344 g/mol. The van der Waals surface area contributed by atoms with Crippen molar-refractivity contribution in [3.8, 4) is 17.0 Å². The fraction of sp³-hybridized carbons (Fsp3) is 0.357. The molecular formula is C14H15BrFNOS. The molecule has 1 aliphatic rings. The third kappa shape index (κ3) is 3.15. The van der Waals surface area contributed by atoms with Crippen LogP contribution in [0.3, 0.4) is 0 Å². The Balaban J connectivity index is 0.000000637. The molecule has 1 fully saturated rings. The number of halogens is 2. The van der Waals surface area contributed by atoms with Gasteiger partial charge in [-0.3, -0.25) is 0 Å². The van der Waals surface area contributed by atoms with Crippen molar-refractivity contribution in [3.63, 3.8) is 0 Å². The van der Waals surface area contributed by atoms with Gasteiger partial charge in [-0.05, 0) is 46.8 Å². The molecule has 1 aromatic carbocycles. The molecule has 0 atom stereocenters. The average Bonchev–Trinajstić information content (AvgIpc) is 3.16. The molecule has 1 heterocycles. The quantitative estimate of drug-likeness (QED) is 0.800. The van der Waals surface area contributed by atoms with E-state index in [2.05, 4.69) is 20.9 Å². The van der Waals surface area contributed by atoms with Gasteiger partial charge in [0.05, 0.1) is 5.69 Å². The van der Waals surface area contributed by atoms with Crippen LogP contribution in [0.15, 0.2) is 22.1 Å². The Morgan fingerprint density at radius 2 is 2.05 bits per heavy atom. The van der Waals surface area contributed by atoms with E-state index in [0.29, 0.717) is 17.2 Å². The molecule has 0 unspecified atom stereocenters. The summed E-state index contributed by atoms with van der Waals surface area (Å²) in [6.45, 7) is 4.00. The molecular weight excluding hydrogens is 329 g/mol. The molecule has 0 amide bonds. The molecule has 0 saturated heterocycles. The van der Waals surface area contributed by atoms with Crippen molar-refractivity contribution >= 4 is 27.3 Å². The lowest BCUT2D eigenvalue weighted by Crippen LogP contribution is -1.88. The lowest BCUT2D eigenvalue weighted by molar-refractivity contribution is 0.469. The molecule has 19 heavy (non-hydrogen) atoms. The summed E-state index contributed by atoms with van der Waals surface area (Å²) in [7, 11) is 0. The van der Waals surface area contributed by atoms with Crippen LogP contribution in [0.2, 0.25) is 0 Å². The summed E-state index contributed by atoms with van der Waals surface area (Å²) in [4.78, 5) is 5.49. The topological polar surface area (TPSA) is 33.1 Å². The van der Waals surface area contributed by atoms with E-state index in [1.165, 1.54) is 6.07 Å². The molecule has 5 heteroatoms. The zero-order valence-corrected chi connectivity index (χ0v) is 13.2. The Kier molecular flexibility index (Phi) is 4.58. The normalized spacial score (nSPS) is 13.9. The van der Waals surface area contributed by atoms with Gasteiger partial charge < -0.3 is 5.11 Å². The van der Waals surface area contributed by atoms with Crippen molar-refractivity contribution in [2.24, 2.45) is 0 Å². The van der Waals surface area contributed by atoms with Gasteiger partial charge >= 0.3 is 0 Å². The lowest BCUT2D eigenvalue weighted by atomic mass is 10.1. The molecule has 1 N–H and O–H groups in total. The predicted octanol–water partition coefficient (Wildman–Crippen LogP) is 5.32. The van der Waals surface area contributed by atoms with Crippen LogP contribution in [-0.4, -0.2) is 10.1 Å². The lowest BCUT2D eigenvalue weighted by Gasteiger charge is -2.03. The van der Waals surface area contributed by atoms with Gasteiger partial charge in [-0.25, -0.2) is 9.37 Å². The molecule has 0 radical (unpaired) electrons. The van der Waals surface area contributed by atoms with Gasteiger partial charge in [0.25, 0.3) is 0 Å². The first-order chi connectivity index (χ1) is 9.15. The molecule has 2 aromatic rings. The van der Waals surface area contributed by atoms with Gasteiger partial charge in [0.1, 0.15) is 11.6 Å². The minimum absolute atomic E-state index is 0.0616. The van der Waals surface area contributed by atoms with Crippen LogP contribution in [-0.2, 0) is 0 Å². The fourth-order valence-electron chi connectivity index (χ4n) is 1.82. The van der Waals surface area contributed by atoms with Crippen LogP contribution >= 0.6 is 27.3 Å². The van der Waals surface area contributed by atoms with E-state index in [-0.39, 0.29) is 5.75 Å². The number of aromatic nitrogens is 1. The van der Waals surface area contributed by atoms with E-state index in [1.54, 1.807) is 17.4 Å². The first kappa shape index (κ1) is 14.5. The summed E-state index contributed by atoms with van der Waals surface area (Å²) >= 11 is 4.92. The van der Waals surface area contributed by atoms with Crippen LogP contribution in [0, 0.1) is 5.82 Å². The number of benzene rings is 1. The zero-order chi connectivity index (χ0) is 14.0. The van der Waals surface area contributed by atoms with Gasteiger partial charge in [-0.2, -0.15) is 0 Å². The maximum Gasteiger partial charge on any atom is 0.160 e. The minimum Gasteiger partial charge on any atom is -0.508 e.